The van der Waals surface area contributed by atoms with Gasteiger partial charge >= 0.3 is 6.09 Å². The lowest BCUT2D eigenvalue weighted by atomic mass is 9.78. The second-order valence-corrected chi connectivity index (χ2v) is 12.8. The van der Waals surface area contributed by atoms with Crippen molar-refractivity contribution in [2.24, 2.45) is 23.7 Å². The van der Waals surface area contributed by atoms with Gasteiger partial charge < -0.3 is 29.9 Å². The molecule has 0 unspecified atom stereocenters. The molecule has 9 heteroatoms. The van der Waals surface area contributed by atoms with Gasteiger partial charge in [-0.3, -0.25) is 4.79 Å². The SMILES string of the molecule is COC(=O)NCCO[C@@H](c1cccc(Cl)c1)[C@@H]1CCCN(C(=O)C[C@@H](CC2CCCCC2)[C@@H](O)C[C@H](O)C(C)C)C1. The van der Waals surface area contributed by atoms with Crippen LogP contribution in [0.1, 0.15) is 89.7 Å². The van der Waals surface area contributed by atoms with Crippen molar-refractivity contribution in [2.75, 3.05) is 33.4 Å². The topological polar surface area (TPSA) is 108 Å². The van der Waals surface area contributed by atoms with Crippen molar-refractivity contribution in [3.63, 3.8) is 0 Å². The molecule has 8 nitrogen and oxygen atoms in total. The summed E-state index contributed by atoms with van der Waals surface area (Å²) in [6.45, 7) is 5.75. The maximum Gasteiger partial charge on any atom is 0.406 e. The third-order valence-electron chi connectivity index (χ3n) is 8.86. The summed E-state index contributed by atoms with van der Waals surface area (Å²) < 4.78 is 10.9. The van der Waals surface area contributed by atoms with Crippen molar-refractivity contribution in [2.45, 2.75) is 96.4 Å². The highest BCUT2D eigenvalue weighted by Gasteiger charge is 2.34. The van der Waals surface area contributed by atoms with Gasteiger partial charge in [-0.05, 0) is 61.1 Å². The molecule has 1 aromatic rings. The zero-order chi connectivity index (χ0) is 29.8. The van der Waals surface area contributed by atoms with E-state index in [9.17, 15) is 19.8 Å². The molecule has 3 rings (SSSR count). The first-order valence-electron chi connectivity index (χ1n) is 15.5. The molecule has 0 bridgehead atoms. The number of carbonyl (C=O) groups excluding carboxylic acids is 2. The molecule has 2 aliphatic rings. The number of amides is 2. The number of nitrogens with zero attached hydrogens (tertiary/aromatic N) is 1. The summed E-state index contributed by atoms with van der Waals surface area (Å²) in [6, 6.07) is 7.61. The van der Waals surface area contributed by atoms with Crippen molar-refractivity contribution in [1.29, 1.82) is 0 Å². The maximum absolute atomic E-state index is 13.7. The molecule has 2 fully saturated rings. The van der Waals surface area contributed by atoms with Gasteiger partial charge in [0.05, 0.1) is 32.0 Å². The normalized spacial score (nSPS) is 21.2. The van der Waals surface area contributed by atoms with Crippen LogP contribution in [0, 0.1) is 23.7 Å². The number of likely N-dealkylation sites (tertiary alicyclic amines) is 1. The van der Waals surface area contributed by atoms with E-state index in [0.29, 0.717) is 50.0 Å². The molecule has 1 aliphatic heterocycles. The predicted octanol–water partition coefficient (Wildman–Crippen LogP) is 5.74. The highest BCUT2D eigenvalue weighted by Crippen LogP contribution is 2.36. The van der Waals surface area contributed by atoms with Crippen molar-refractivity contribution >= 4 is 23.6 Å². The number of benzene rings is 1. The molecule has 5 atom stereocenters. The first-order chi connectivity index (χ1) is 19.7. The number of carbonyl (C=O) groups is 2. The molecule has 1 heterocycles. The van der Waals surface area contributed by atoms with E-state index in [2.05, 4.69) is 10.1 Å². The Morgan fingerprint density at radius 2 is 1.85 bits per heavy atom. The van der Waals surface area contributed by atoms with Gasteiger partial charge in [0.2, 0.25) is 5.91 Å². The third kappa shape index (κ3) is 11.0. The fourth-order valence-corrected chi connectivity index (χ4v) is 6.57. The number of aliphatic hydroxyl groups excluding tert-OH is 2. The van der Waals surface area contributed by atoms with Crippen LogP contribution in [0.3, 0.4) is 0 Å². The van der Waals surface area contributed by atoms with E-state index in [0.717, 1.165) is 37.7 Å². The Labute approximate surface area is 251 Å². The number of ether oxygens (including phenoxy) is 2. The van der Waals surface area contributed by atoms with E-state index < -0.39 is 18.3 Å². The molecule has 3 N–H and O–H groups in total. The minimum Gasteiger partial charge on any atom is -0.453 e. The number of methoxy groups -OCH3 is 1. The van der Waals surface area contributed by atoms with E-state index >= 15 is 0 Å². The largest absolute Gasteiger partial charge is 0.453 e. The van der Waals surface area contributed by atoms with Gasteiger partial charge in [-0.25, -0.2) is 4.79 Å². The van der Waals surface area contributed by atoms with Gasteiger partial charge in [0.1, 0.15) is 0 Å². The second kappa shape index (κ2) is 17.3. The molecule has 0 radical (unpaired) electrons. The lowest BCUT2D eigenvalue weighted by Crippen LogP contribution is -2.44. The van der Waals surface area contributed by atoms with Gasteiger partial charge in [-0.1, -0.05) is 69.7 Å². The zero-order valence-electron chi connectivity index (χ0n) is 25.1. The fourth-order valence-electron chi connectivity index (χ4n) is 6.38. The highest BCUT2D eigenvalue weighted by molar-refractivity contribution is 6.30. The number of hydrogen-bond acceptors (Lipinski definition) is 6. The standard InChI is InChI=1S/C32H51ClN2O6/c1-22(2)28(36)20-29(37)26(17-23-9-5-4-6-10-23)19-30(38)35-15-8-12-25(21-35)31(24-11-7-13-27(33)18-24)41-16-14-34-32(39)40-3/h7,11,13,18,22-23,25-26,28-29,31,36-37H,4-6,8-10,12,14-17,19-21H2,1-3H3,(H,34,39)/t25-,26-,28+,29+,31+/m1/s1. The average molecular weight is 595 g/mol. The van der Waals surface area contributed by atoms with Crippen LogP contribution < -0.4 is 5.32 Å². The minimum atomic E-state index is -0.705. The molecule has 41 heavy (non-hydrogen) atoms. The zero-order valence-corrected chi connectivity index (χ0v) is 25.9. The lowest BCUT2D eigenvalue weighted by molar-refractivity contribution is -0.137. The van der Waals surface area contributed by atoms with Crippen molar-refractivity contribution in [3.8, 4) is 0 Å². The quantitative estimate of drug-likeness (QED) is 0.237. The van der Waals surface area contributed by atoms with Crippen LogP contribution in [0.25, 0.3) is 0 Å². The number of hydrogen-bond donors (Lipinski definition) is 3. The summed E-state index contributed by atoms with van der Waals surface area (Å²) in [5, 5.41) is 24.9. The number of piperidine rings is 1. The van der Waals surface area contributed by atoms with Crippen LogP contribution in [0.4, 0.5) is 4.79 Å². The third-order valence-corrected chi connectivity index (χ3v) is 9.10. The molecule has 1 saturated heterocycles. The van der Waals surface area contributed by atoms with E-state index in [-0.39, 0.29) is 29.8 Å². The van der Waals surface area contributed by atoms with Gasteiger partial charge in [0.25, 0.3) is 0 Å². The van der Waals surface area contributed by atoms with Gasteiger partial charge in [0, 0.05) is 37.0 Å². The molecule has 0 spiro atoms. The lowest BCUT2D eigenvalue weighted by Gasteiger charge is -2.38. The molecule has 1 aliphatic carbocycles. The van der Waals surface area contributed by atoms with Gasteiger partial charge in [-0.15, -0.1) is 0 Å². The first kappa shape index (κ1) is 33.6. The second-order valence-electron chi connectivity index (χ2n) is 12.3. The molecule has 1 aromatic carbocycles. The van der Waals surface area contributed by atoms with Crippen LogP contribution in [0.15, 0.2) is 24.3 Å². The van der Waals surface area contributed by atoms with Crippen LogP contribution in [0.2, 0.25) is 5.02 Å². The molecule has 232 valence electrons. The fraction of sp³-hybridized carbons (Fsp3) is 0.750. The van der Waals surface area contributed by atoms with Crippen LogP contribution in [-0.4, -0.2) is 72.7 Å². The Balaban J connectivity index is 1.68. The summed E-state index contributed by atoms with van der Waals surface area (Å²) in [5.41, 5.74) is 0.947. The average Bonchev–Trinajstić information content (AvgIpc) is 2.97. The molecule has 0 aromatic heterocycles. The summed E-state index contributed by atoms with van der Waals surface area (Å²) >= 11 is 6.32. The van der Waals surface area contributed by atoms with Crippen molar-refractivity contribution in [3.05, 3.63) is 34.9 Å². The Bertz CT molecular complexity index is 941. The highest BCUT2D eigenvalue weighted by atomic mass is 35.5. The Hall–Kier alpha value is -1.87. The van der Waals surface area contributed by atoms with E-state index in [1.807, 2.05) is 43.0 Å². The Morgan fingerprint density at radius 3 is 2.54 bits per heavy atom. The number of nitrogens with one attached hydrogen (secondary N) is 1. The van der Waals surface area contributed by atoms with Crippen LogP contribution >= 0.6 is 11.6 Å². The minimum absolute atomic E-state index is 0.0600. The summed E-state index contributed by atoms with van der Waals surface area (Å²) in [5.74, 6) is 0.550. The first-order valence-corrected chi connectivity index (χ1v) is 15.9. The summed E-state index contributed by atoms with van der Waals surface area (Å²) in [7, 11) is 1.32. The number of rotatable bonds is 14. The summed E-state index contributed by atoms with van der Waals surface area (Å²) in [4.78, 5) is 27.1. The van der Waals surface area contributed by atoms with Crippen LogP contribution in [-0.2, 0) is 14.3 Å². The summed E-state index contributed by atoms with van der Waals surface area (Å²) in [6.07, 6.45) is 7.10. The smallest absolute Gasteiger partial charge is 0.406 e. The molecular formula is C32H51ClN2O6. The van der Waals surface area contributed by atoms with Crippen molar-refractivity contribution < 1.29 is 29.3 Å². The van der Waals surface area contributed by atoms with E-state index in [1.165, 1.54) is 26.4 Å². The van der Waals surface area contributed by atoms with E-state index in [4.69, 9.17) is 16.3 Å². The monoisotopic (exact) mass is 594 g/mol. The number of aliphatic hydroxyl groups is 2. The Morgan fingerprint density at radius 1 is 1.10 bits per heavy atom. The Kier molecular flexibility index (Phi) is 14.2. The number of halogens is 1. The molecule has 1 saturated carbocycles. The van der Waals surface area contributed by atoms with Gasteiger partial charge in [0.15, 0.2) is 0 Å². The number of alkyl carbamates (subject to hydrolysis) is 1. The maximum atomic E-state index is 13.7. The predicted molar refractivity (Wildman–Crippen MR) is 161 cm³/mol. The molecule has 2 amide bonds. The molecular weight excluding hydrogens is 544 g/mol. The van der Waals surface area contributed by atoms with Gasteiger partial charge in [-0.2, -0.15) is 0 Å². The van der Waals surface area contributed by atoms with Crippen LogP contribution in [0.5, 0.6) is 0 Å². The van der Waals surface area contributed by atoms with E-state index in [1.54, 1.807) is 0 Å². The van der Waals surface area contributed by atoms with Crippen molar-refractivity contribution in [1.82, 2.24) is 10.2 Å².